The third-order valence-electron chi connectivity index (χ3n) is 4.60. The molecule has 1 aliphatic heterocycles. The van der Waals surface area contributed by atoms with Crippen molar-refractivity contribution in [2.75, 3.05) is 18.9 Å². The highest BCUT2D eigenvalue weighted by atomic mass is 32.2. The summed E-state index contributed by atoms with van der Waals surface area (Å²) in [5, 5.41) is 5.52. The van der Waals surface area contributed by atoms with Crippen molar-refractivity contribution in [3.8, 4) is 0 Å². The summed E-state index contributed by atoms with van der Waals surface area (Å²) >= 11 is 0. The van der Waals surface area contributed by atoms with Crippen LogP contribution in [0.4, 0.5) is 4.79 Å². The number of carbonyl (C=O) groups is 1. The topological polar surface area (TPSA) is 84.5 Å². The van der Waals surface area contributed by atoms with Crippen molar-refractivity contribution in [2.45, 2.75) is 57.1 Å². The van der Waals surface area contributed by atoms with Crippen LogP contribution in [0.1, 0.15) is 37.3 Å². The Kier molecular flexibility index (Phi) is 6.84. The second-order valence-electron chi connectivity index (χ2n) is 6.62. The Bertz CT molecular complexity index is 697. The van der Waals surface area contributed by atoms with Crippen LogP contribution in [0.25, 0.3) is 0 Å². The number of aryl methyl sites for hydroxylation is 2. The largest absolute Gasteiger partial charge is 0.376 e. The fourth-order valence-electron chi connectivity index (χ4n) is 2.78. The molecular formula is C18H28N2O4S. The molecule has 25 heavy (non-hydrogen) atoms. The van der Waals surface area contributed by atoms with Gasteiger partial charge in [-0.1, -0.05) is 13.0 Å². The van der Waals surface area contributed by atoms with Gasteiger partial charge in [0, 0.05) is 19.2 Å². The Balaban J connectivity index is 1.92. The Morgan fingerprint density at radius 3 is 2.68 bits per heavy atom. The zero-order chi connectivity index (χ0) is 18.4. The molecule has 0 unspecified atom stereocenters. The molecule has 0 saturated carbocycles. The Morgan fingerprint density at radius 2 is 2.08 bits per heavy atom. The van der Waals surface area contributed by atoms with Gasteiger partial charge in [0.1, 0.15) is 0 Å². The first-order valence-corrected chi connectivity index (χ1v) is 10.4. The fraction of sp³-hybridized carbons (Fsp3) is 0.611. The van der Waals surface area contributed by atoms with Crippen LogP contribution in [-0.4, -0.2) is 45.5 Å². The zero-order valence-corrected chi connectivity index (χ0v) is 16.0. The number of hydrogen-bond donors (Lipinski definition) is 2. The van der Waals surface area contributed by atoms with Crippen LogP contribution >= 0.6 is 0 Å². The van der Waals surface area contributed by atoms with E-state index in [0.29, 0.717) is 17.9 Å². The molecule has 7 heteroatoms. The summed E-state index contributed by atoms with van der Waals surface area (Å²) in [4.78, 5) is 12.3. The molecule has 1 aromatic rings. The van der Waals surface area contributed by atoms with E-state index >= 15 is 0 Å². The average molecular weight is 368 g/mol. The summed E-state index contributed by atoms with van der Waals surface area (Å²) in [5.41, 5.74) is 1.99. The lowest BCUT2D eigenvalue weighted by Gasteiger charge is -2.19. The van der Waals surface area contributed by atoms with E-state index in [0.717, 1.165) is 30.6 Å². The highest BCUT2D eigenvalue weighted by Crippen LogP contribution is 2.17. The molecule has 0 bridgehead atoms. The number of amides is 2. The summed E-state index contributed by atoms with van der Waals surface area (Å²) in [6.45, 7) is 6.88. The van der Waals surface area contributed by atoms with E-state index in [9.17, 15) is 13.2 Å². The van der Waals surface area contributed by atoms with Gasteiger partial charge in [-0.15, -0.1) is 0 Å². The molecule has 1 fully saturated rings. The summed E-state index contributed by atoms with van der Waals surface area (Å²) < 4.78 is 30.7. The smallest absolute Gasteiger partial charge is 0.315 e. The predicted octanol–water partition coefficient (Wildman–Crippen LogP) is 2.33. The molecule has 1 aliphatic rings. The van der Waals surface area contributed by atoms with E-state index in [-0.39, 0.29) is 17.9 Å². The molecule has 1 heterocycles. The first-order chi connectivity index (χ1) is 11.8. The third-order valence-corrected chi connectivity index (χ3v) is 6.41. The molecule has 6 nitrogen and oxygen atoms in total. The number of benzene rings is 1. The van der Waals surface area contributed by atoms with E-state index in [1.807, 2.05) is 26.8 Å². The fourth-order valence-corrected chi connectivity index (χ4v) is 4.45. The van der Waals surface area contributed by atoms with E-state index in [1.165, 1.54) is 0 Å². The monoisotopic (exact) mass is 368 g/mol. The Hall–Kier alpha value is -1.60. The lowest BCUT2D eigenvalue weighted by molar-refractivity contribution is 0.111. The second-order valence-corrected chi connectivity index (χ2v) is 8.66. The van der Waals surface area contributed by atoms with E-state index in [1.54, 1.807) is 12.1 Å². The van der Waals surface area contributed by atoms with Crippen LogP contribution in [0.2, 0.25) is 0 Å². The molecule has 140 valence electrons. The molecule has 0 aromatic heterocycles. The maximum absolute atomic E-state index is 12.6. The summed E-state index contributed by atoms with van der Waals surface area (Å²) in [7, 11) is -3.45. The van der Waals surface area contributed by atoms with E-state index in [2.05, 4.69) is 10.6 Å². The number of urea groups is 1. The van der Waals surface area contributed by atoms with Crippen molar-refractivity contribution in [2.24, 2.45) is 0 Å². The SMILES string of the molecule is CC[C@H](CS(=O)(=O)c1ccc(C)c(C)c1)NC(=O)NC[C@@H]1CCCO1. The summed E-state index contributed by atoms with van der Waals surface area (Å²) in [6.07, 6.45) is 2.56. The molecule has 0 spiro atoms. The van der Waals surface area contributed by atoms with Crippen LogP contribution in [0.15, 0.2) is 23.1 Å². The maximum Gasteiger partial charge on any atom is 0.315 e. The molecule has 2 atom stereocenters. The van der Waals surface area contributed by atoms with Crippen molar-refractivity contribution in [3.05, 3.63) is 29.3 Å². The normalized spacial score (nSPS) is 18.8. The van der Waals surface area contributed by atoms with Gasteiger partial charge in [0.2, 0.25) is 0 Å². The van der Waals surface area contributed by atoms with Crippen LogP contribution in [0.3, 0.4) is 0 Å². The molecule has 1 saturated heterocycles. The number of nitrogens with one attached hydrogen (secondary N) is 2. The van der Waals surface area contributed by atoms with Gasteiger partial charge in [0.05, 0.1) is 16.8 Å². The van der Waals surface area contributed by atoms with Crippen LogP contribution in [0, 0.1) is 13.8 Å². The van der Waals surface area contributed by atoms with Crippen molar-refractivity contribution in [3.63, 3.8) is 0 Å². The number of carbonyl (C=O) groups excluding carboxylic acids is 1. The van der Waals surface area contributed by atoms with Gasteiger partial charge < -0.3 is 15.4 Å². The van der Waals surface area contributed by atoms with Crippen LogP contribution < -0.4 is 10.6 Å². The lowest BCUT2D eigenvalue weighted by Crippen LogP contribution is -2.46. The van der Waals surface area contributed by atoms with Gasteiger partial charge >= 0.3 is 6.03 Å². The van der Waals surface area contributed by atoms with Gasteiger partial charge in [-0.05, 0) is 56.4 Å². The first kappa shape index (κ1) is 19.7. The Morgan fingerprint density at radius 1 is 1.32 bits per heavy atom. The number of hydrogen-bond acceptors (Lipinski definition) is 4. The minimum Gasteiger partial charge on any atom is -0.376 e. The minimum atomic E-state index is -3.45. The van der Waals surface area contributed by atoms with Crippen molar-refractivity contribution in [1.29, 1.82) is 0 Å². The van der Waals surface area contributed by atoms with Gasteiger partial charge in [0.25, 0.3) is 0 Å². The molecule has 2 amide bonds. The maximum atomic E-state index is 12.6. The lowest BCUT2D eigenvalue weighted by atomic mass is 10.1. The third kappa shape index (κ3) is 5.71. The van der Waals surface area contributed by atoms with Gasteiger partial charge in [0.15, 0.2) is 9.84 Å². The van der Waals surface area contributed by atoms with E-state index < -0.39 is 15.9 Å². The summed E-state index contributed by atoms with van der Waals surface area (Å²) in [6, 6.07) is 4.34. The summed E-state index contributed by atoms with van der Waals surface area (Å²) in [5.74, 6) is -0.112. The van der Waals surface area contributed by atoms with Gasteiger partial charge in [-0.25, -0.2) is 13.2 Å². The van der Waals surface area contributed by atoms with Crippen LogP contribution in [-0.2, 0) is 14.6 Å². The van der Waals surface area contributed by atoms with Gasteiger partial charge in [-0.3, -0.25) is 0 Å². The zero-order valence-electron chi connectivity index (χ0n) is 15.2. The van der Waals surface area contributed by atoms with Crippen molar-refractivity contribution < 1.29 is 17.9 Å². The number of rotatable bonds is 7. The predicted molar refractivity (Wildman–Crippen MR) is 97.6 cm³/mol. The highest BCUT2D eigenvalue weighted by molar-refractivity contribution is 7.91. The quantitative estimate of drug-likeness (QED) is 0.774. The molecule has 0 aliphatic carbocycles. The highest BCUT2D eigenvalue weighted by Gasteiger charge is 2.23. The van der Waals surface area contributed by atoms with Crippen molar-refractivity contribution >= 4 is 15.9 Å². The van der Waals surface area contributed by atoms with Crippen LogP contribution in [0.5, 0.6) is 0 Å². The van der Waals surface area contributed by atoms with Gasteiger partial charge in [-0.2, -0.15) is 0 Å². The standard InChI is InChI=1S/C18H28N2O4S/c1-4-15(20-18(21)19-11-16-6-5-9-24-16)12-25(22,23)17-8-7-13(2)14(3)10-17/h7-8,10,15-16H,4-6,9,11-12H2,1-3H3,(H2,19,20,21)/t15-,16+/m1/s1. The number of ether oxygens (including phenoxy) is 1. The molecule has 1 aromatic carbocycles. The number of sulfone groups is 1. The molecular weight excluding hydrogens is 340 g/mol. The first-order valence-electron chi connectivity index (χ1n) is 8.77. The van der Waals surface area contributed by atoms with Crippen molar-refractivity contribution in [1.82, 2.24) is 10.6 Å². The minimum absolute atomic E-state index is 0.0603. The second kappa shape index (κ2) is 8.67. The molecule has 2 N–H and O–H groups in total. The molecule has 2 rings (SSSR count). The Labute approximate surface area is 150 Å². The average Bonchev–Trinajstić information content (AvgIpc) is 3.08. The van der Waals surface area contributed by atoms with E-state index in [4.69, 9.17) is 4.74 Å². The molecule has 0 radical (unpaired) electrons.